The lowest BCUT2D eigenvalue weighted by molar-refractivity contribution is -0.140. The minimum absolute atomic E-state index is 0.0789. The number of ketones is 1. The quantitative estimate of drug-likeness (QED) is 0.112. The van der Waals surface area contributed by atoms with E-state index in [2.05, 4.69) is 25.7 Å². The van der Waals surface area contributed by atoms with Gasteiger partial charge in [-0.15, -0.1) is 0 Å². The number of amides is 1. The number of aryl methyl sites for hydroxylation is 2. The summed E-state index contributed by atoms with van der Waals surface area (Å²) >= 11 is 0. The molecule has 0 saturated carbocycles. The predicted molar refractivity (Wildman–Crippen MR) is 162 cm³/mol. The number of fused-ring (bicyclic) bond motifs is 1. The van der Waals surface area contributed by atoms with Crippen LogP contribution in [0.3, 0.4) is 0 Å². The first kappa shape index (κ1) is 30.3. The van der Waals surface area contributed by atoms with Crippen molar-refractivity contribution < 1.29 is 19.4 Å². The minimum atomic E-state index is -0.712. The number of benzene rings is 1. The second kappa shape index (κ2) is 13.8. The highest BCUT2D eigenvalue weighted by Gasteiger charge is 2.46. The molecule has 41 heavy (non-hydrogen) atoms. The number of aliphatic hydroxyl groups excluding tert-OH is 1. The van der Waals surface area contributed by atoms with Gasteiger partial charge in [-0.25, -0.2) is 4.98 Å². The summed E-state index contributed by atoms with van der Waals surface area (Å²) in [6.45, 7) is 13.9. The van der Waals surface area contributed by atoms with Gasteiger partial charge in [-0.2, -0.15) is 0 Å². The van der Waals surface area contributed by atoms with Crippen LogP contribution in [-0.4, -0.2) is 68.8 Å². The van der Waals surface area contributed by atoms with Crippen LogP contribution in [0.4, 0.5) is 0 Å². The molecule has 0 aliphatic carbocycles. The second-order valence-corrected chi connectivity index (χ2v) is 10.8. The van der Waals surface area contributed by atoms with Gasteiger partial charge in [0.1, 0.15) is 17.1 Å². The molecule has 1 fully saturated rings. The molecule has 0 bridgehead atoms. The fourth-order valence-corrected chi connectivity index (χ4v) is 5.60. The van der Waals surface area contributed by atoms with Crippen LogP contribution < -0.4 is 4.74 Å². The predicted octanol–water partition coefficient (Wildman–Crippen LogP) is 6.06. The van der Waals surface area contributed by atoms with E-state index in [0.717, 1.165) is 55.8 Å². The molecule has 1 unspecified atom stereocenters. The van der Waals surface area contributed by atoms with E-state index < -0.39 is 17.7 Å². The highest BCUT2D eigenvalue weighted by Crippen LogP contribution is 2.40. The number of aliphatic hydroxyl groups is 1. The Morgan fingerprint density at radius 3 is 2.39 bits per heavy atom. The van der Waals surface area contributed by atoms with Crippen molar-refractivity contribution in [1.29, 1.82) is 0 Å². The van der Waals surface area contributed by atoms with Crippen molar-refractivity contribution in [3.05, 3.63) is 70.7 Å². The molecular weight excluding hydrogens is 516 g/mol. The molecule has 3 heterocycles. The minimum Gasteiger partial charge on any atom is -0.505 e. The molecule has 4 rings (SSSR count). The molecule has 1 aromatic carbocycles. The van der Waals surface area contributed by atoms with Crippen LogP contribution in [0.2, 0.25) is 0 Å². The van der Waals surface area contributed by atoms with Crippen LogP contribution >= 0.6 is 0 Å². The lowest BCUT2D eigenvalue weighted by Crippen LogP contribution is -2.33. The third kappa shape index (κ3) is 6.48. The van der Waals surface area contributed by atoms with Crippen molar-refractivity contribution in [3.63, 3.8) is 0 Å². The molecule has 1 saturated heterocycles. The Morgan fingerprint density at radius 1 is 1.00 bits per heavy atom. The molecule has 1 atom stereocenters. The first-order valence-electron chi connectivity index (χ1n) is 15.0. The monoisotopic (exact) mass is 560 g/mol. The highest BCUT2D eigenvalue weighted by molar-refractivity contribution is 6.46. The average molecular weight is 561 g/mol. The van der Waals surface area contributed by atoms with Gasteiger partial charge >= 0.3 is 0 Å². The first-order chi connectivity index (χ1) is 19.8. The van der Waals surface area contributed by atoms with Gasteiger partial charge in [0.15, 0.2) is 5.76 Å². The number of pyridine rings is 1. The Hall–Kier alpha value is -3.65. The molecule has 1 aliphatic rings. The number of hydrogen-bond acceptors (Lipinski definition) is 6. The average Bonchev–Trinajstić information content (AvgIpc) is 3.45. The first-order valence-corrected chi connectivity index (χ1v) is 15.0. The van der Waals surface area contributed by atoms with Crippen molar-refractivity contribution >= 4 is 23.1 Å². The van der Waals surface area contributed by atoms with Gasteiger partial charge in [-0.05, 0) is 75.6 Å². The largest absolute Gasteiger partial charge is 0.505 e. The van der Waals surface area contributed by atoms with Crippen LogP contribution in [0.15, 0.2) is 48.2 Å². The van der Waals surface area contributed by atoms with Crippen molar-refractivity contribution in [2.45, 2.75) is 72.8 Å². The van der Waals surface area contributed by atoms with Crippen LogP contribution in [0.1, 0.15) is 81.4 Å². The molecular formula is C33H44N4O4. The van der Waals surface area contributed by atoms with Gasteiger partial charge < -0.3 is 24.0 Å². The van der Waals surface area contributed by atoms with E-state index in [-0.39, 0.29) is 11.3 Å². The summed E-state index contributed by atoms with van der Waals surface area (Å²) < 4.78 is 7.83. The molecule has 2 aromatic heterocycles. The van der Waals surface area contributed by atoms with Crippen LogP contribution in [0.5, 0.6) is 5.75 Å². The van der Waals surface area contributed by atoms with Gasteiger partial charge in [0.05, 0.1) is 23.9 Å². The number of aromatic nitrogens is 2. The maximum Gasteiger partial charge on any atom is 0.295 e. The van der Waals surface area contributed by atoms with E-state index in [9.17, 15) is 14.7 Å². The molecule has 8 nitrogen and oxygen atoms in total. The van der Waals surface area contributed by atoms with Gasteiger partial charge in [-0.1, -0.05) is 58.2 Å². The standard InChI is InChI=1S/C33H44N4O4/c1-6-9-10-11-22-41-26-17-15-25(16-18-26)29-27(31(39)33(40)37(29)21-13-19-35(7-2)8-3)30(38)28-24(5)36-20-12-14-23(4)32(36)34-28/h12,14-18,20,29,38H,6-11,13,19,21-22H2,1-5H3/b30-27+. The van der Waals surface area contributed by atoms with Gasteiger partial charge in [-0.3, -0.25) is 9.59 Å². The number of ether oxygens (including phenoxy) is 1. The maximum atomic E-state index is 13.5. The third-order valence-electron chi connectivity index (χ3n) is 8.08. The number of unbranched alkanes of at least 4 members (excludes halogenated alkanes) is 3. The summed E-state index contributed by atoms with van der Waals surface area (Å²) in [5.41, 5.74) is 3.52. The summed E-state index contributed by atoms with van der Waals surface area (Å²) in [5.74, 6) is -0.767. The second-order valence-electron chi connectivity index (χ2n) is 10.8. The molecule has 3 aromatic rings. The number of Topliss-reactive ketones (excluding diaryl/α,β-unsaturated/α-hetero) is 1. The number of rotatable bonds is 14. The summed E-state index contributed by atoms with van der Waals surface area (Å²) in [4.78, 5) is 35.5. The SMILES string of the molecule is CCCCCCOc1ccc(C2/C(=C(\O)c3nc4c(C)cccn4c3C)C(=O)C(=O)N2CCCN(CC)CC)cc1. The Morgan fingerprint density at radius 2 is 1.73 bits per heavy atom. The Labute approximate surface area is 243 Å². The van der Waals surface area contributed by atoms with Crippen molar-refractivity contribution in [2.24, 2.45) is 0 Å². The number of imidazole rings is 1. The summed E-state index contributed by atoms with van der Waals surface area (Å²) in [5, 5.41) is 11.6. The molecule has 1 amide bonds. The summed E-state index contributed by atoms with van der Waals surface area (Å²) in [6, 6.07) is 10.7. The zero-order valence-corrected chi connectivity index (χ0v) is 25.2. The Balaban J connectivity index is 1.70. The number of nitrogens with zero attached hydrogens (tertiary/aromatic N) is 4. The fraction of sp³-hybridized carbons (Fsp3) is 0.485. The molecule has 220 valence electrons. The lowest BCUT2D eigenvalue weighted by Gasteiger charge is -2.27. The molecule has 1 aliphatic heterocycles. The van der Waals surface area contributed by atoms with Crippen molar-refractivity contribution in [3.8, 4) is 5.75 Å². The fourth-order valence-electron chi connectivity index (χ4n) is 5.60. The van der Waals surface area contributed by atoms with E-state index >= 15 is 0 Å². The van der Waals surface area contributed by atoms with Gasteiger partial charge in [0.2, 0.25) is 0 Å². The number of likely N-dealkylation sites (tertiary alicyclic amines) is 1. The van der Waals surface area contributed by atoms with Gasteiger partial charge in [0, 0.05) is 12.7 Å². The number of carbonyl (C=O) groups is 2. The lowest BCUT2D eigenvalue weighted by atomic mass is 9.96. The zero-order valence-electron chi connectivity index (χ0n) is 25.2. The smallest absolute Gasteiger partial charge is 0.295 e. The van der Waals surface area contributed by atoms with Gasteiger partial charge in [0.25, 0.3) is 11.7 Å². The molecule has 0 spiro atoms. The van der Waals surface area contributed by atoms with E-state index in [1.807, 2.05) is 60.8 Å². The topological polar surface area (TPSA) is 87.4 Å². The van der Waals surface area contributed by atoms with Crippen LogP contribution in [0, 0.1) is 13.8 Å². The zero-order chi connectivity index (χ0) is 29.5. The van der Waals surface area contributed by atoms with E-state index in [1.165, 1.54) is 12.8 Å². The maximum absolute atomic E-state index is 13.5. The molecule has 0 radical (unpaired) electrons. The van der Waals surface area contributed by atoms with E-state index in [1.54, 1.807) is 4.90 Å². The van der Waals surface area contributed by atoms with E-state index in [0.29, 0.717) is 30.2 Å². The number of hydrogen-bond donors (Lipinski definition) is 1. The normalized spacial score (nSPS) is 16.8. The molecule has 8 heteroatoms. The Bertz CT molecular complexity index is 1390. The van der Waals surface area contributed by atoms with E-state index in [4.69, 9.17) is 9.72 Å². The van der Waals surface area contributed by atoms with Crippen molar-refractivity contribution in [1.82, 2.24) is 19.2 Å². The highest BCUT2D eigenvalue weighted by atomic mass is 16.5. The van der Waals surface area contributed by atoms with Crippen molar-refractivity contribution in [2.75, 3.05) is 32.8 Å². The summed E-state index contributed by atoms with van der Waals surface area (Å²) in [6.07, 6.45) is 7.11. The van der Waals surface area contributed by atoms with Crippen LogP contribution in [-0.2, 0) is 9.59 Å². The third-order valence-corrected chi connectivity index (χ3v) is 8.08. The van der Waals surface area contributed by atoms with Crippen LogP contribution in [0.25, 0.3) is 11.4 Å². The molecule has 1 N–H and O–H groups in total. The number of carbonyl (C=O) groups excluding carboxylic acids is 2. The summed E-state index contributed by atoms with van der Waals surface area (Å²) in [7, 11) is 0. The Kier molecular flexibility index (Phi) is 10.2.